The Bertz CT molecular complexity index is 1110. The predicted molar refractivity (Wildman–Crippen MR) is 112 cm³/mol. The standard InChI is InChI=1S/C20H25ClFN5O2/c1-4-6-10-27-18-17(19(28)24-20(27)29)26(5-2)16(23-18)12-25(3)11-13-14(21)8-7-9-15(13)22/h7-9H,4-6,10-12H2,1-3H3,(H,24,28,29). The number of fused-ring (bicyclic) bond motifs is 1. The third-order valence-corrected chi connectivity index (χ3v) is 5.27. The smallest absolute Gasteiger partial charge is 0.321 e. The van der Waals surface area contributed by atoms with Crippen molar-refractivity contribution in [3.05, 3.63) is 61.3 Å². The Hall–Kier alpha value is -2.45. The van der Waals surface area contributed by atoms with Gasteiger partial charge in [0.2, 0.25) is 0 Å². The number of nitrogens with zero attached hydrogens (tertiary/aromatic N) is 4. The average molecular weight is 422 g/mol. The van der Waals surface area contributed by atoms with Crippen LogP contribution in [0.4, 0.5) is 4.39 Å². The molecule has 3 aromatic rings. The monoisotopic (exact) mass is 421 g/mol. The molecule has 0 amide bonds. The van der Waals surface area contributed by atoms with Gasteiger partial charge in [-0.25, -0.2) is 14.2 Å². The molecule has 0 atom stereocenters. The van der Waals surface area contributed by atoms with Gasteiger partial charge in [0.05, 0.1) is 6.54 Å². The van der Waals surface area contributed by atoms with Crippen LogP contribution in [0.1, 0.15) is 38.1 Å². The number of hydrogen-bond acceptors (Lipinski definition) is 4. The van der Waals surface area contributed by atoms with Crippen LogP contribution in [0.3, 0.4) is 0 Å². The summed E-state index contributed by atoms with van der Waals surface area (Å²) in [5, 5.41) is 0.366. The highest BCUT2D eigenvalue weighted by molar-refractivity contribution is 6.31. The fourth-order valence-electron chi connectivity index (χ4n) is 3.45. The van der Waals surface area contributed by atoms with Gasteiger partial charge in [-0.05, 0) is 32.5 Å². The fraction of sp³-hybridized carbons (Fsp3) is 0.450. The molecule has 1 N–H and O–H groups in total. The van der Waals surface area contributed by atoms with Gasteiger partial charge in [-0.2, -0.15) is 0 Å². The number of aromatic nitrogens is 4. The summed E-state index contributed by atoms with van der Waals surface area (Å²) in [5.74, 6) is 0.275. The molecule has 0 saturated heterocycles. The first kappa shape index (κ1) is 21.3. The molecule has 156 valence electrons. The van der Waals surface area contributed by atoms with Gasteiger partial charge in [-0.3, -0.25) is 19.2 Å². The van der Waals surface area contributed by atoms with Crippen molar-refractivity contribution in [3.8, 4) is 0 Å². The first-order valence-corrected chi connectivity index (χ1v) is 10.1. The molecule has 7 nitrogen and oxygen atoms in total. The number of imidazole rings is 1. The summed E-state index contributed by atoms with van der Waals surface area (Å²) in [6, 6.07) is 4.60. The van der Waals surface area contributed by atoms with Gasteiger partial charge in [0, 0.05) is 30.2 Å². The van der Waals surface area contributed by atoms with E-state index in [2.05, 4.69) is 9.97 Å². The Labute approximate surface area is 172 Å². The van der Waals surface area contributed by atoms with Crippen molar-refractivity contribution in [2.45, 2.75) is 52.9 Å². The Morgan fingerprint density at radius 1 is 1.21 bits per heavy atom. The number of benzene rings is 1. The van der Waals surface area contributed by atoms with E-state index in [1.807, 2.05) is 25.8 Å². The minimum atomic E-state index is -0.449. The van der Waals surface area contributed by atoms with Crippen molar-refractivity contribution in [2.24, 2.45) is 0 Å². The first-order valence-electron chi connectivity index (χ1n) is 9.71. The van der Waals surface area contributed by atoms with Gasteiger partial charge in [0.1, 0.15) is 11.6 Å². The predicted octanol–water partition coefficient (Wildman–Crippen LogP) is 3.13. The lowest BCUT2D eigenvalue weighted by Gasteiger charge is -2.18. The summed E-state index contributed by atoms with van der Waals surface area (Å²) >= 11 is 6.14. The number of nitrogens with one attached hydrogen (secondary N) is 1. The third-order valence-electron chi connectivity index (χ3n) is 4.92. The minimum Gasteiger partial charge on any atom is -0.321 e. The van der Waals surface area contributed by atoms with Crippen molar-refractivity contribution >= 4 is 22.8 Å². The van der Waals surface area contributed by atoms with Crippen molar-refractivity contribution < 1.29 is 4.39 Å². The minimum absolute atomic E-state index is 0.289. The summed E-state index contributed by atoms with van der Waals surface area (Å²) in [7, 11) is 1.83. The third kappa shape index (κ3) is 4.28. The van der Waals surface area contributed by atoms with Crippen molar-refractivity contribution in [2.75, 3.05) is 7.05 Å². The van der Waals surface area contributed by atoms with Crippen molar-refractivity contribution in [3.63, 3.8) is 0 Å². The Kier molecular flexibility index (Phi) is 6.54. The molecular weight excluding hydrogens is 397 g/mol. The summed E-state index contributed by atoms with van der Waals surface area (Å²) < 4.78 is 17.4. The average Bonchev–Trinajstić information content (AvgIpc) is 3.03. The van der Waals surface area contributed by atoms with Gasteiger partial charge < -0.3 is 4.57 Å². The molecule has 1 aromatic carbocycles. The van der Waals surface area contributed by atoms with Gasteiger partial charge in [-0.1, -0.05) is 31.0 Å². The quantitative estimate of drug-likeness (QED) is 0.606. The van der Waals surface area contributed by atoms with Crippen LogP contribution in [-0.2, 0) is 26.2 Å². The summed E-state index contributed by atoms with van der Waals surface area (Å²) in [6.07, 6.45) is 1.72. The Morgan fingerprint density at radius 2 is 1.97 bits per heavy atom. The summed E-state index contributed by atoms with van der Waals surface area (Å²) in [4.78, 5) is 33.7. The van der Waals surface area contributed by atoms with Crippen molar-refractivity contribution in [1.29, 1.82) is 0 Å². The molecule has 2 heterocycles. The Balaban J connectivity index is 2.00. The number of aryl methyl sites for hydroxylation is 2. The van der Waals surface area contributed by atoms with Crippen LogP contribution in [0.15, 0.2) is 27.8 Å². The molecule has 0 bridgehead atoms. The topological polar surface area (TPSA) is 75.9 Å². The van der Waals surface area contributed by atoms with Gasteiger partial charge >= 0.3 is 5.69 Å². The number of H-pyrrole nitrogens is 1. The molecular formula is C20H25ClFN5O2. The molecule has 3 rings (SSSR count). The molecule has 0 radical (unpaired) electrons. The van der Waals surface area contributed by atoms with Crippen LogP contribution in [0.25, 0.3) is 11.2 Å². The second-order valence-corrected chi connectivity index (χ2v) is 7.49. The van der Waals surface area contributed by atoms with E-state index < -0.39 is 11.2 Å². The fourth-order valence-corrected chi connectivity index (χ4v) is 3.68. The van der Waals surface area contributed by atoms with Crippen LogP contribution >= 0.6 is 11.6 Å². The lowest BCUT2D eigenvalue weighted by molar-refractivity contribution is 0.301. The lowest BCUT2D eigenvalue weighted by atomic mass is 10.2. The summed E-state index contributed by atoms with van der Waals surface area (Å²) in [6.45, 7) is 5.62. The maximum absolute atomic E-state index is 14.1. The zero-order valence-corrected chi connectivity index (χ0v) is 17.6. The van der Waals surface area contributed by atoms with Crippen LogP contribution in [0, 0.1) is 5.82 Å². The molecule has 0 unspecified atom stereocenters. The van der Waals surface area contributed by atoms with E-state index >= 15 is 0 Å². The van der Waals surface area contributed by atoms with E-state index in [1.54, 1.807) is 16.7 Å². The maximum Gasteiger partial charge on any atom is 0.330 e. The highest BCUT2D eigenvalue weighted by Gasteiger charge is 2.19. The molecule has 0 spiro atoms. The molecule has 9 heteroatoms. The van der Waals surface area contributed by atoms with Crippen LogP contribution < -0.4 is 11.2 Å². The normalized spacial score (nSPS) is 11.7. The second-order valence-electron chi connectivity index (χ2n) is 7.08. The number of unbranched alkanes of at least 4 members (excludes halogenated alkanes) is 1. The number of rotatable bonds is 8. The van der Waals surface area contributed by atoms with E-state index in [1.165, 1.54) is 10.6 Å². The second kappa shape index (κ2) is 8.92. The molecule has 0 aliphatic carbocycles. The maximum atomic E-state index is 14.1. The van der Waals surface area contributed by atoms with Gasteiger partial charge in [-0.15, -0.1) is 0 Å². The lowest BCUT2D eigenvalue weighted by Crippen LogP contribution is -2.31. The molecule has 0 fully saturated rings. The van der Waals surface area contributed by atoms with Crippen molar-refractivity contribution in [1.82, 2.24) is 24.0 Å². The van der Waals surface area contributed by atoms with E-state index in [9.17, 15) is 14.0 Å². The summed E-state index contributed by atoms with van der Waals surface area (Å²) in [5.41, 5.74) is 0.290. The van der Waals surface area contributed by atoms with E-state index in [0.717, 1.165) is 12.8 Å². The molecule has 0 saturated carbocycles. The van der Waals surface area contributed by atoms with Gasteiger partial charge in [0.15, 0.2) is 11.2 Å². The Morgan fingerprint density at radius 3 is 2.62 bits per heavy atom. The molecule has 29 heavy (non-hydrogen) atoms. The molecule has 2 aromatic heterocycles. The highest BCUT2D eigenvalue weighted by atomic mass is 35.5. The number of aromatic amines is 1. The molecule has 0 aliphatic heterocycles. The highest BCUT2D eigenvalue weighted by Crippen LogP contribution is 2.21. The zero-order chi connectivity index (χ0) is 21.1. The zero-order valence-electron chi connectivity index (χ0n) is 16.8. The SMILES string of the molecule is CCCCn1c(=O)[nH]c(=O)c2c1nc(CN(C)Cc1c(F)cccc1Cl)n2CC. The number of hydrogen-bond donors (Lipinski definition) is 1. The van der Waals surface area contributed by atoms with E-state index in [-0.39, 0.29) is 12.4 Å². The van der Waals surface area contributed by atoms with Crippen LogP contribution in [-0.4, -0.2) is 31.0 Å². The van der Waals surface area contributed by atoms with E-state index in [4.69, 9.17) is 11.6 Å². The van der Waals surface area contributed by atoms with E-state index in [0.29, 0.717) is 47.2 Å². The largest absolute Gasteiger partial charge is 0.330 e. The molecule has 0 aliphatic rings. The van der Waals surface area contributed by atoms with Gasteiger partial charge in [0.25, 0.3) is 5.56 Å². The number of halogens is 2. The van der Waals surface area contributed by atoms with Crippen LogP contribution in [0.5, 0.6) is 0 Å². The van der Waals surface area contributed by atoms with Crippen LogP contribution in [0.2, 0.25) is 5.02 Å². The first-order chi connectivity index (χ1) is 13.9.